The van der Waals surface area contributed by atoms with Crippen molar-refractivity contribution in [3.8, 4) is 0 Å². The van der Waals surface area contributed by atoms with Crippen LogP contribution in [0, 0.1) is 6.92 Å². The highest BCUT2D eigenvalue weighted by atomic mass is 79.9. The maximum atomic E-state index is 10.6. The molecule has 0 saturated heterocycles. The lowest BCUT2D eigenvalue weighted by Gasteiger charge is -1.96. The molecule has 0 aromatic heterocycles. The van der Waals surface area contributed by atoms with Gasteiger partial charge in [0.05, 0.1) is 0 Å². The molecule has 0 aliphatic carbocycles. The molecule has 0 spiro atoms. The summed E-state index contributed by atoms with van der Waals surface area (Å²) in [5, 5.41) is -0.828. The minimum Gasteiger partial charge on any atom is -0.276 e. The molecule has 0 fully saturated rings. The molecule has 0 atom stereocenters. The van der Waals surface area contributed by atoms with Gasteiger partial charge in [-0.2, -0.15) is 0 Å². The largest absolute Gasteiger partial charge is 0.276 e. The monoisotopic (exact) mass is 372 g/mol. The van der Waals surface area contributed by atoms with Crippen molar-refractivity contribution in [3.63, 3.8) is 0 Å². The average Bonchev–Trinajstić information content (AvgIpc) is 2.40. The van der Waals surface area contributed by atoms with Crippen LogP contribution in [0.4, 0.5) is 0 Å². The van der Waals surface area contributed by atoms with Crippen LogP contribution in [0.1, 0.15) is 26.3 Å². The van der Waals surface area contributed by atoms with Gasteiger partial charge in [-0.1, -0.05) is 46.3 Å². The molecule has 0 aliphatic heterocycles. The second-order valence-corrected chi connectivity index (χ2v) is 5.38. The van der Waals surface area contributed by atoms with Crippen molar-refractivity contribution >= 4 is 49.6 Å². The first kappa shape index (κ1) is 16.9. The highest BCUT2D eigenvalue weighted by molar-refractivity contribution is 9.10. The van der Waals surface area contributed by atoms with E-state index < -0.39 is 10.5 Å². The van der Waals surface area contributed by atoms with Crippen LogP contribution < -0.4 is 0 Å². The summed E-state index contributed by atoms with van der Waals surface area (Å²) >= 11 is 13.7. The van der Waals surface area contributed by atoms with E-state index in [1.54, 1.807) is 30.3 Å². The molecule has 0 aliphatic rings. The number of hydrogen-bond acceptors (Lipinski definition) is 2. The number of carbonyl (C=O) groups excluding carboxylic acids is 2. The topological polar surface area (TPSA) is 34.1 Å². The molecule has 104 valence electrons. The van der Waals surface area contributed by atoms with Crippen LogP contribution in [-0.2, 0) is 0 Å². The highest BCUT2D eigenvalue weighted by Crippen LogP contribution is 2.17. The molecule has 0 N–H and O–H groups in total. The van der Waals surface area contributed by atoms with Gasteiger partial charge in [-0.05, 0) is 53.9 Å². The van der Waals surface area contributed by atoms with Gasteiger partial charge >= 0.3 is 0 Å². The van der Waals surface area contributed by atoms with Crippen molar-refractivity contribution in [2.75, 3.05) is 0 Å². The van der Waals surface area contributed by atoms with Gasteiger partial charge in [0, 0.05) is 15.6 Å². The minimum atomic E-state index is -0.438. The third kappa shape index (κ3) is 5.08. The summed E-state index contributed by atoms with van der Waals surface area (Å²) in [7, 11) is 0. The number of hydrogen-bond donors (Lipinski definition) is 0. The summed E-state index contributed by atoms with van der Waals surface area (Å²) in [6.07, 6.45) is 0. The Morgan fingerprint density at radius 3 is 1.65 bits per heavy atom. The van der Waals surface area contributed by atoms with E-state index in [-0.39, 0.29) is 0 Å². The summed E-state index contributed by atoms with van der Waals surface area (Å²) < 4.78 is 0.731. The molecule has 0 radical (unpaired) electrons. The lowest BCUT2D eigenvalue weighted by Crippen LogP contribution is -1.90. The summed E-state index contributed by atoms with van der Waals surface area (Å²) in [6, 6.07) is 14.3. The molecule has 5 heteroatoms. The zero-order valence-corrected chi connectivity index (χ0v) is 13.7. The van der Waals surface area contributed by atoms with E-state index in [9.17, 15) is 9.59 Å². The molecular weight excluding hydrogens is 363 g/mol. The maximum Gasteiger partial charge on any atom is 0.253 e. The Hall–Kier alpha value is -1.16. The number of halogens is 3. The Balaban J connectivity index is 0.000000200. The second kappa shape index (κ2) is 8.20. The van der Waals surface area contributed by atoms with Crippen LogP contribution in [0.3, 0.4) is 0 Å². The Morgan fingerprint density at radius 1 is 0.850 bits per heavy atom. The molecule has 0 unspecified atom stereocenters. The quantitative estimate of drug-likeness (QED) is 0.677. The molecule has 0 heterocycles. The van der Waals surface area contributed by atoms with Gasteiger partial charge in [0.1, 0.15) is 0 Å². The molecule has 0 saturated carbocycles. The first-order valence-corrected chi connectivity index (χ1v) is 7.18. The fourth-order valence-corrected chi connectivity index (χ4v) is 2.37. The predicted octanol–water partition coefficient (Wildman–Crippen LogP) is 5.20. The zero-order chi connectivity index (χ0) is 15.1. The van der Waals surface area contributed by atoms with E-state index in [4.69, 9.17) is 23.2 Å². The van der Waals surface area contributed by atoms with Gasteiger partial charge < -0.3 is 0 Å². The fourth-order valence-electron chi connectivity index (χ4n) is 1.41. The van der Waals surface area contributed by atoms with Crippen molar-refractivity contribution in [2.45, 2.75) is 6.92 Å². The van der Waals surface area contributed by atoms with E-state index in [0.717, 1.165) is 10.0 Å². The summed E-state index contributed by atoms with van der Waals surface area (Å²) in [6.45, 7) is 1.86. The lowest BCUT2D eigenvalue weighted by atomic mass is 10.1. The first-order valence-electron chi connectivity index (χ1n) is 5.63. The SMILES string of the molecule is Cc1ccccc1C(=O)Cl.O=C(Cl)c1ccccc1Br. The van der Waals surface area contributed by atoms with Crippen LogP contribution in [0.2, 0.25) is 0 Å². The standard InChI is InChI=1S/C8H7ClO.C7H4BrClO/c1-6-4-2-3-5-7(6)8(9)10;8-6-4-2-1-3-5(6)7(9)10/h2-5H,1H3;1-4H. The van der Waals surface area contributed by atoms with Crippen LogP contribution >= 0.6 is 39.1 Å². The second-order valence-electron chi connectivity index (χ2n) is 3.84. The molecule has 2 aromatic carbocycles. The van der Waals surface area contributed by atoms with Crippen LogP contribution in [-0.4, -0.2) is 10.5 Å². The van der Waals surface area contributed by atoms with E-state index in [0.29, 0.717) is 11.1 Å². The van der Waals surface area contributed by atoms with Crippen molar-refractivity contribution in [2.24, 2.45) is 0 Å². The Bertz CT molecular complexity index is 571. The van der Waals surface area contributed by atoms with Crippen molar-refractivity contribution < 1.29 is 9.59 Å². The van der Waals surface area contributed by atoms with Gasteiger partial charge in [0.15, 0.2) is 0 Å². The number of carbonyl (C=O) groups is 2. The minimum absolute atomic E-state index is 0.391. The Kier molecular flexibility index (Phi) is 6.93. The van der Waals surface area contributed by atoms with Gasteiger partial charge in [0.2, 0.25) is 0 Å². The molecule has 20 heavy (non-hydrogen) atoms. The summed E-state index contributed by atoms with van der Waals surface area (Å²) in [5.41, 5.74) is 2.01. The first-order chi connectivity index (χ1) is 9.43. The van der Waals surface area contributed by atoms with Gasteiger partial charge in [-0.25, -0.2) is 0 Å². The molecule has 2 nitrogen and oxygen atoms in total. The fraction of sp³-hybridized carbons (Fsp3) is 0.0667. The van der Waals surface area contributed by atoms with Crippen LogP contribution in [0.5, 0.6) is 0 Å². The van der Waals surface area contributed by atoms with Gasteiger partial charge in [-0.15, -0.1) is 0 Å². The number of aryl methyl sites for hydroxylation is 1. The van der Waals surface area contributed by atoms with Crippen molar-refractivity contribution in [3.05, 3.63) is 69.7 Å². The lowest BCUT2D eigenvalue weighted by molar-refractivity contribution is 0.107. The van der Waals surface area contributed by atoms with Crippen molar-refractivity contribution in [1.82, 2.24) is 0 Å². The average molecular weight is 374 g/mol. The predicted molar refractivity (Wildman–Crippen MR) is 85.7 cm³/mol. The van der Waals surface area contributed by atoms with Crippen LogP contribution in [0.25, 0.3) is 0 Å². The summed E-state index contributed by atoms with van der Waals surface area (Å²) in [5.74, 6) is 0. The zero-order valence-electron chi connectivity index (χ0n) is 10.6. The van der Waals surface area contributed by atoms with Gasteiger partial charge in [0.25, 0.3) is 10.5 Å². The molecule has 0 amide bonds. The van der Waals surface area contributed by atoms with Gasteiger partial charge in [-0.3, -0.25) is 9.59 Å². The molecule has 0 bridgehead atoms. The normalized spacial score (nSPS) is 9.40. The van der Waals surface area contributed by atoms with Crippen LogP contribution in [0.15, 0.2) is 53.0 Å². The highest BCUT2D eigenvalue weighted by Gasteiger charge is 2.03. The summed E-state index contributed by atoms with van der Waals surface area (Å²) in [4.78, 5) is 21.2. The Labute approximate surface area is 135 Å². The van der Waals surface area contributed by atoms with E-state index >= 15 is 0 Å². The maximum absolute atomic E-state index is 10.6. The third-order valence-corrected chi connectivity index (χ3v) is 3.54. The third-order valence-electron chi connectivity index (χ3n) is 2.44. The van der Waals surface area contributed by atoms with E-state index in [2.05, 4.69) is 15.9 Å². The van der Waals surface area contributed by atoms with E-state index in [1.165, 1.54) is 0 Å². The molecule has 2 rings (SSSR count). The Morgan fingerprint density at radius 2 is 1.30 bits per heavy atom. The molecular formula is C15H11BrCl2O2. The van der Waals surface area contributed by atoms with Crippen molar-refractivity contribution in [1.29, 1.82) is 0 Å². The van der Waals surface area contributed by atoms with E-state index in [1.807, 2.05) is 25.1 Å². The number of benzene rings is 2. The number of rotatable bonds is 2. The molecule has 2 aromatic rings. The smallest absolute Gasteiger partial charge is 0.253 e.